The number of carbonyl (C=O) groups is 1. The lowest BCUT2D eigenvalue weighted by molar-refractivity contribution is -0.121. The average Bonchev–Trinajstić information content (AvgIpc) is 3.15. The van der Waals surface area contributed by atoms with E-state index in [4.69, 9.17) is 4.74 Å². The second-order valence-electron chi connectivity index (χ2n) is 7.21. The Morgan fingerprint density at radius 2 is 1.81 bits per heavy atom. The number of carbonyl (C=O) groups excluding carboxylic acids is 1. The SMILES string of the molecule is O=C(CCn1cnc2ccccc21)NCC1(c2ccccc2)CCOCC1. The van der Waals surface area contributed by atoms with Crippen LogP contribution in [0.2, 0.25) is 0 Å². The molecule has 0 bridgehead atoms. The van der Waals surface area contributed by atoms with Gasteiger partial charge >= 0.3 is 0 Å². The molecule has 1 aromatic heterocycles. The highest BCUT2D eigenvalue weighted by atomic mass is 16.5. The third-order valence-electron chi connectivity index (χ3n) is 5.57. The second kappa shape index (κ2) is 7.92. The van der Waals surface area contributed by atoms with Gasteiger partial charge in [-0.05, 0) is 30.5 Å². The van der Waals surface area contributed by atoms with Gasteiger partial charge in [0, 0.05) is 38.1 Å². The molecule has 0 saturated carbocycles. The summed E-state index contributed by atoms with van der Waals surface area (Å²) in [7, 11) is 0. The molecule has 1 saturated heterocycles. The number of para-hydroxylation sites is 2. The van der Waals surface area contributed by atoms with Crippen molar-refractivity contribution in [3.05, 3.63) is 66.5 Å². The minimum absolute atomic E-state index is 0.0309. The van der Waals surface area contributed by atoms with E-state index < -0.39 is 0 Å². The lowest BCUT2D eigenvalue weighted by Crippen LogP contribution is -2.44. The summed E-state index contributed by atoms with van der Waals surface area (Å²) in [4.78, 5) is 16.9. The van der Waals surface area contributed by atoms with Crippen LogP contribution in [0, 0.1) is 0 Å². The average molecular weight is 363 g/mol. The van der Waals surface area contributed by atoms with Gasteiger partial charge in [-0.25, -0.2) is 4.98 Å². The molecule has 1 N–H and O–H groups in total. The summed E-state index contributed by atoms with van der Waals surface area (Å²) < 4.78 is 7.61. The number of benzene rings is 2. The smallest absolute Gasteiger partial charge is 0.221 e. The maximum absolute atomic E-state index is 12.5. The molecule has 1 amide bonds. The predicted octanol–water partition coefficient (Wildman–Crippen LogP) is 3.29. The molecule has 3 aromatic rings. The number of imidazole rings is 1. The monoisotopic (exact) mass is 363 g/mol. The van der Waals surface area contributed by atoms with E-state index in [1.807, 2.05) is 41.2 Å². The number of aryl methyl sites for hydroxylation is 1. The molecule has 1 aliphatic heterocycles. The topological polar surface area (TPSA) is 56.2 Å². The first-order chi connectivity index (χ1) is 13.3. The first-order valence-corrected chi connectivity index (χ1v) is 9.57. The van der Waals surface area contributed by atoms with E-state index in [1.165, 1.54) is 5.56 Å². The Kier molecular flexibility index (Phi) is 5.21. The largest absolute Gasteiger partial charge is 0.381 e. The van der Waals surface area contributed by atoms with E-state index in [9.17, 15) is 4.79 Å². The van der Waals surface area contributed by atoms with Crippen molar-refractivity contribution in [1.82, 2.24) is 14.9 Å². The van der Waals surface area contributed by atoms with Crippen molar-refractivity contribution in [2.45, 2.75) is 31.2 Å². The lowest BCUT2D eigenvalue weighted by Gasteiger charge is -2.38. The zero-order chi connectivity index (χ0) is 18.5. The van der Waals surface area contributed by atoms with Gasteiger partial charge in [-0.1, -0.05) is 42.5 Å². The van der Waals surface area contributed by atoms with Gasteiger partial charge in [0.05, 0.1) is 17.4 Å². The lowest BCUT2D eigenvalue weighted by atomic mass is 9.74. The predicted molar refractivity (Wildman–Crippen MR) is 106 cm³/mol. The first kappa shape index (κ1) is 17.7. The summed E-state index contributed by atoms with van der Waals surface area (Å²) in [6, 6.07) is 18.5. The van der Waals surface area contributed by atoms with E-state index in [1.54, 1.807) is 0 Å². The zero-order valence-corrected chi connectivity index (χ0v) is 15.4. The van der Waals surface area contributed by atoms with Crippen molar-refractivity contribution in [1.29, 1.82) is 0 Å². The molecule has 27 heavy (non-hydrogen) atoms. The first-order valence-electron chi connectivity index (χ1n) is 9.57. The van der Waals surface area contributed by atoms with E-state index in [0.717, 1.165) is 37.1 Å². The van der Waals surface area contributed by atoms with Crippen LogP contribution in [0.15, 0.2) is 60.9 Å². The molecule has 0 unspecified atom stereocenters. The van der Waals surface area contributed by atoms with Crippen molar-refractivity contribution in [3.8, 4) is 0 Å². The van der Waals surface area contributed by atoms with Crippen molar-refractivity contribution in [2.75, 3.05) is 19.8 Å². The van der Waals surface area contributed by atoms with Crippen LogP contribution in [0.1, 0.15) is 24.8 Å². The minimum Gasteiger partial charge on any atom is -0.381 e. The molecule has 2 heterocycles. The Morgan fingerprint density at radius 1 is 1.07 bits per heavy atom. The molecule has 0 aliphatic carbocycles. The number of rotatable bonds is 6. The maximum atomic E-state index is 12.5. The highest BCUT2D eigenvalue weighted by Crippen LogP contribution is 2.34. The fourth-order valence-corrected chi connectivity index (χ4v) is 3.89. The van der Waals surface area contributed by atoms with Crippen molar-refractivity contribution >= 4 is 16.9 Å². The van der Waals surface area contributed by atoms with Gasteiger partial charge < -0.3 is 14.6 Å². The fourth-order valence-electron chi connectivity index (χ4n) is 3.89. The standard InChI is InChI=1S/C22H25N3O2/c26-21(10-13-25-17-24-19-8-4-5-9-20(19)25)23-16-22(11-14-27-15-12-22)18-6-2-1-3-7-18/h1-9,17H,10-16H2,(H,23,26). The Hall–Kier alpha value is -2.66. The van der Waals surface area contributed by atoms with Crippen molar-refractivity contribution < 1.29 is 9.53 Å². The molecule has 1 fully saturated rings. The molecule has 5 nitrogen and oxygen atoms in total. The molecule has 140 valence electrons. The van der Waals surface area contributed by atoms with Crippen LogP contribution in [0.25, 0.3) is 11.0 Å². The number of nitrogens with one attached hydrogen (secondary N) is 1. The normalized spacial score (nSPS) is 16.3. The summed E-state index contributed by atoms with van der Waals surface area (Å²) in [6.45, 7) is 2.77. The van der Waals surface area contributed by atoms with Crippen molar-refractivity contribution in [2.24, 2.45) is 0 Å². The summed E-state index contributed by atoms with van der Waals surface area (Å²) in [5, 5.41) is 3.17. The molecule has 0 atom stereocenters. The Bertz CT molecular complexity index is 898. The van der Waals surface area contributed by atoms with Crippen LogP contribution in [-0.4, -0.2) is 35.2 Å². The number of nitrogens with zero attached hydrogens (tertiary/aromatic N) is 2. The third-order valence-corrected chi connectivity index (χ3v) is 5.57. The number of ether oxygens (including phenoxy) is 1. The van der Waals surface area contributed by atoms with Crippen LogP contribution >= 0.6 is 0 Å². The number of hydrogen-bond acceptors (Lipinski definition) is 3. The fraction of sp³-hybridized carbons (Fsp3) is 0.364. The molecule has 5 heteroatoms. The molecule has 0 spiro atoms. The number of aromatic nitrogens is 2. The number of fused-ring (bicyclic) bond motifs is 1. The highest BCUT2D eigenvalue weighted by molar-refractivity contribution is 5.77. The Balaban J connectivity index is 1.38. The zero-order valence-electron chi connectivity index (χ0n) is 15.4. The third kappa shape index (κ3) is 3.88. The molecular weight excluding hydrogens is 338 g/mol. The van der Waals surface area contributed by atoms with Crippen molar-refractivity contribution in [3.63, 3.8) is 0 Å². The minimum atomic E-state index is -0.0309. The summed E-state index contributed by atoms with van der Waals surface area (Å²) in [5.74, 6) is 0.0783. The van der Waals surface area contributed by atoms with E-state index in [-0.39, 0.29) is 11.3 Å². The molecule has 2 aromatic carbocycles. The Labute approximate surface area is 159 Å². The van der Waals surface area contributed by atoms with Gasteiger partial charge in [0.25, 0.3) is 0 Å². The van der Waals surface area contributed by atoms with E-state index in [2.05, 4.69) is 34.6 Å². The van der Waals surface area contributed by atoms with Gasteiger partial charge in [-0.15, -0.1) is 0 Å². The molecule has 0 radical (unpaired) electrons. The van der Waals surface area contributed by atoms with Gasteiger partial charge in [0.2, 0.25) is 5.91 Å². The summed E-state index contributed by atoms with van der Waals surface area (Å²) in [6.07, 6.45) is 4.12. The van der Waals surface area contributed by atoms with Gasteiger partial charge in [0.1, 0.15) is 0 Å². The van der Waals surface area contributed by atoms with Crippen LogP contribution in [0.3, 0.4) is 0 Å². The van der Waals surface area contributed by atoms with Gasteiger partial charge in [0.15, 0.2) is 0 Å². The molecule has 1 aliphatic rings. The maximum Gasteiger partial charge on any atom is 0.221 e. The number of hydrogen-bond donors (Lipinski definition) is 1. The van der Waals surface area contributed by atoms with Gasteiger partial charge in [-0.3, -0.25) is 4.79 Å². The van der Waals surface area contributed by atoms with Crippen LogP contribution < -0.4 is 5.32 Å². The van der Waals surface area contributed by atoms with Crippen LogP contribution in [0.5, 0.6) is 0 Å². The van der Waals surface area contributed by atoms with Crippen LogP contribution in [-0.2, 0) is 21.5 Å². The number of amides is 1. The van der Waals surface area contributed by atoms with E-state index >= 15 is 0 Å². The highest BCUT2D eigenvalue weighted by Gasteiger charge is 2.34. The van der Waals surface area contributed by atoms with E-state index in [0.29, 0.717) is 19.5 Å². The van der Waals surface area contributed by atoms with Crippen LogP contribution in [0.4, 0.5) is 0 Å². The van der Waals surface area contributed by atoms with Gasteiger partial charge in [-0.2, -0.15) is 0 Å². The Morgan fingerprint density at radius 3 is 2.63 bits per heavy atom. The molecule has 4 rings (SSSR count). The molecular formula is C22H25N3O2. The summed E-state index contributed by atoms with van der Waals surface area (Å²) in [5.41, 5.74) is 3.28. The second-order valence-corrected chi connectivity index (χ2v) is 7.21. The quantitative estimate of drug-likeness (QED) is 0.731. The summed E-state index contributed by atoms with van der Waals surface area (Å²) >= 11 is 0.